The van der Waals surface area contributed by atoms with Gasteiger partial charge in [0.15, 0.2) is 0 Å². The van der Waals surface area contributed by atoms with Crippen LogP contribution in [0.3, 0.4) is 0 Å². The van der Waals surface area contributed by atoms with Gasteiger partial charge in [-0.3, -0.25) is 14.5 Å². The number of nitrogens with one attached hydrogen (secondary N) is 2. The Morgan fingerprint density at radius 3 is 2.32 bits per heavy atom. The number of imidazole rings is 1. The van der Waals surface area contributed by atoms with Gasteiger partial charge in [0.2, 0.25) is 5.78 Å². The Kier molecular flexibility index (Phi) is 7.00. The Hall–Kier alpha value is -3.23. The van der Waals surface area contributed by atoms with Crippen LogP contribution in [0.4, 0.5) is 4.39 Å². The molecule has 9 heteroatoms. The maximum Gasteiger partial charge on any atom is 0.323 e. The minimum Gasteiger partial charge on any atom is -0.465 e. The van der Waals surface area contributed by atoms with Gasteiger partial charge in [-0.2, -0.15) is 0 Å². The monoisotopic (exact) mass is 485 g/mol. The molecule has 2 heterocycles. The fraction of sp³-hybridized carbons (Fsp3) is 0.320. The van der Waals surface area contributed by atoms with Crippen molar-refractivity contribution in [2.24, 2.45) is 0 Å². The van der Waals surface area contributed by atoms with Crippen molar-refractivity contribution in [1.82, 2.24) is 14.9 Å². The Balaban J connectivity index is 1.53. The van der Waals surface area contributed by atoms with Crippen molar-refractivity contribution in [3.63, 3.8) is 0 Å². The van der Waals surface area contributed by atoms with Crippen molar-refractivity contribution in [1.29, 1.82) is 0 Å². The van der Waals surface area contributed by atoms with Gasteiger partial charge in [0, 0.05) is 17.1 Å². The summed E-state index contributed by atoms with van der Waals surface area (Å²) in [5.74, 6) is -1.11. The third kappa shape index (κ3) is 4.83. The maximum absolute atomic E-state index is 13.2. The van der Waals surface area contributed by atoms with Crippen LogP contribution >= 0.6 is 11.6 Å². The van der Waals surface area contributed by atoms with Gasteiger partial charge in [-0.1, -0.05) is 23.7 Å². The number of ketones is 1. The van der Waals surface area contributed by atoms with Crippen LogP contribution in [0.15, 0.2) is 53.3 Å². The van der Waals surface area contributed by atoms with Crippen molar-refractivity contribution < 1.29 is 18.7 Å². The van der Waals surface area contributed by atoms with E-state index in [1.54, 1.807) is 19.1 Å². The molecule has 1 aliphatic rings. The number of ether oxygens (including phenoxy) is 1. The van der Waals surface area contributed by atoms with Gasteiger partial charge in [-0.25, -0.2) is 9.18 Å². The SMILES string of the molecule is CCOC(=O)C1(c2ccc(Cl)cc2)CCN(Cc2[nH]c(=O)[nH]c2C(=O)c2ccc(F)cc2)CC1. The number of benzene rings is 2. The summed E-state index contributed by atoms with van der Waals surface area (Å²) in [6, 6.07) is 12.4. The first-order valence-corrected chi connectivity index (χ1v) is 11.5. The van der Waals surface area contributed by atoms with E-state index in [0.29, 0.717) is 43.2 Å². The molecule has 3 aromatic rings. The summed E-state index contributed by atoms with van der Waals surface area (Å²) < 4.78 is 18.7. The molecule has 178 valence electrons. The third-order valence-electron chi connectivity index (χ3n) is 6.29. The van der Waals surface area contributed by atoms with Crippen molar-refractivity contribution in [3.05, 3.63) is 92.4 Å². The van der Waals surface area contributed by atoms with Crippen LogP contribution in [-0.4, -0.2) is 46.3 Å². The highest BCUT2D eigenvalue weighted by atomic mass is 35.5. The van der Waals surface area contributed by atoms with E-state index in [1.807, 2.05) is 12.1 Å². The van der Waals surface area contributed by atoms with Gasteiger partial charge in [-0.05, 0) is 74.8 Å². The van der Waals surface area contributed by atoms with Crippen LogP contribution in [0, 0.1) is 5.82 Å². The van der Waals surface area contributed by atoms with Crippen molar-refractivity contribution in [2.45, 2.75) is 31.7 Å². The Labute approximate surface area is 200 Å². The molecule has 0 unspecified atom stereocenters. The molecule has 1 aliphatic heterocycles. The zero-order chi connectivity index (χ0) is 24.3. The summed E-state index contributed by atoms with van der Waals surface area (Å²) in [4.78, 5) is 45.3. The molecule has 2 aromatic carbocycles. The van der Waals surface area contributed by atoms with Gasteiger partial charge >= 0.3 is 11.7 Å². The number of aromatic nitrogens is 2. The minimum absolute atomic E-state index is 0.150. The topological polar surface area (TPSA) is 95.3 Å². The van der Waals surface area contributed by atoms with Gasteiger partial charge in [0.05, 0.1) is 17.7 Å². The molecule has 1 aromatic heterocycles. The molecule has 34 heavy (non-hydrogen) atoms. The lowest BCUT2D eigenvalue weighted by Crippen LogP contribution is -2.48. The Bertz CT molecular complexity index is 1230. The lowest BCUT2D eigenvalue weighted by atomic mass is 9.72. The molecule has 0 spiro atoms. The van der Waals surface area contributed by atoms with E-state index >= 15 is 0 Å². The highest BCUT2D eigenvalue weighted by molar-refractivity contribution is 6.30. The fourth-order valence-electron chi connectivity index (χ4n) is 4.44. The number of carbonyl (C=O) groups is 2. The number of esters is 1. The average Bonchev–Trinajstić information content (AvgIpc) is 3.20. The van der Waals surface area contributed by atoms with E-state index < -0.39 is 22.7 Å². The number of aromatic amines is 2. The van der Waals surface area contributed by atoms with Gasteiger partial charge < -0.3 is 14.7 Å². The number of nitrogens with zero attached hydrogens (tertiary/aromatic N) is 1. The normalized spacial score (nSPS) is 15.7. The Morgan fingerprint density at radius 2 is 1.71 bits per heavy atom. The molecule has 1 saturated heterocycles. The number of hydrogen-bond donors (Lipinski definition) is 2. The van der Waals surface area contributed by atoms with E-state index in [-0.39, 0.29) is 23.8 Å². The maximum atomic E-state index is 13.2. The average molecular weight is 486 g/mol. The molecular formula is C25H25ClFN3O4. The molecular weight excluding hydrogens is 461 g/mol. The van der Waals surface area contributed by atoms with Crippen LogP contribution in [0.5, 0.6) is 0 Å². The highest BCUT2D eigenvalue weighted by Crippen LogP contribution is 2.38. The number of carbonyl (C=O) groups excluding carboxylic acids is 2. The van der Waals surface area contributed by atoms with Crippen molar-refractivity contribution >= 4 is 23.4 Å². The second-order valence-electron chi connectivity index (χ2n) is 8.35. The molecule has 2 N–H and O–H groups in total. The number of likely N-dealkylation sites (tertiary alicyclic amines) is 1. The Morgan fingerprint density at radius 1 is 1.06 bits per heavy atom. The number of piperidine rings is 1. The molecule has 7 nitrogen and oxygen atoms in total. The first-order valence-electron chi connectivity index (χ1n) is 11.1. The van der Waals surface area contributed by atoms with Crippen molar-refractivity contribution in [3.8, 4) is 0 Å². The third-order valence-corrected chi connectivity index (χ3v) is 6.54. The van der Waals surface area contributed by atoms with Gasteiger partial charge in [0.1, 0.15) is 11.5 Å². The van der Waals surface area contributed by atoms with Crippen LogP contribution < -0.4 is 5.69 Å². The largest absolute Gasteiger partial charge is 0.465 e. The molecule has 0 bridgehead atoms. The number of H-pyrrole nitrogens is 2. The van der Waals surface area contributed by atoms with E-state index in [9.17, 15) is 18.8 Å². The second kappa shape index (κ2) is 9.95. The second-order valence-corrected chi connectivity index (χ2v) is 8.79. The van der Waals surface area contributed by atoms with Crippen molar-refractivity contribution in [2.75, 3.05) is 19.7 Å². The van der Waals surface area contributed by atoms with Gasteiger partial charge in [0.25, 0.3) is 0 Å². The van der Waals surface area contributed by atoms with E-state index in [1.165, 1.54) is 24.3 Å². The van der Waals surface area contributed by atoms with Crippen LogP contribution in [0.25, 0.3) is 0 Å². The molecule has 0 radical (unpaired) electrons. The predicted molar refractivity (Wildman–Crippen MR) is 126 cm³/mol. The van der Waals surface area contributed by atoms with Crippen LogP contribution in [-0.2, 0) is 21.5 Å². The minimum atomic E-state index is -0.782. The van der Waals surface area contributed by atoms with Gasteiger partial charge in [-0.15, -0.1) is 0 Å². The molecule has 0 aliphatic carbocycles. The number of rotatable bonds is 7. The predicted octanol–water partition coefficient (Wildman–Crippen LogP) is 3.82. The molecule has 0 amide bonds. The summed E-state index contributed by atoms with van der Waals surface area (Å²) >= 11 is 6.04. The smallest absolute Gasteiger partial charge is 0.323 e. The summed E-state index contributed by atoms with van der Waals surface area (Å²) in [5, 5.41) is 0.593. The zero-order valence-corrected chi connectivity index (χ0v) is 19.5. The zero-order valence-electron chi connectivity index (χ0n) is 18.7. The number of halogens is 2. The first kappa shape index (κ1) is 23.9. The van der Waals surface area contributed by atoms with E-state index in [4.69, 9.17) is 16.3 Å². The standard InChI is InChI=1S/C25H25ClFN3O4/c1-2-34-23(32)25(17-5-7-18(26)8-6-17)11-13-30(14-12-25)15-20-21(29-24(33)28-20)22(31)16-3-9-19(27)10-4-16/h3-10H,2,11-15H2,1H3,(H2,28,29,33). The molecule has 0 atom stereocenters. The van der Waals surface area contributed by atoms with Crippen LogP contribution in [0.2, 0.25) is 5.02 Å². The molecule has 4 rings (SSSR count). The summed E-state index contributed by atoms with van der Waals surface area (Å²) in [7, 11) is 0. The quantitative estimate of drug-likeness (QED) is 0.392. The lowest BCUT2D eigenvalue weighted by Gasteiger charge is -2.40. The summed E-state index contributed by atoms with van der Waals surface area (Å²) in [6.45, 7) is 3.50. The first-order chi connectivity index (χ1) is 16.3. The van der Waals surface area contributed by atoms with E-state index in [0.717, 1.165) is 5.56 Å². The molecule has 0 saturated carbocycles. The highest BCUT2D eigenvalue weighted by Gasteiger charge is 2.44. The summed E-state index contributed by atoms with van der Waals surface area (Å²) in [5.41, 5.74) is 0.471. The van der Waals surface area contributed by atoms with Crippen LogP contribution in [0.1, 0.15) is 47.1 Å². The summed E-state index contributed by atoms with van der Waals surface area (Å²) in [6.07, 6.45) is 1.03. The molecule has 1 fully saturated rings. The number of hydrogen-bond acceptors (Lipinski definition) is 5. The van der Waals surface area contributed by atoms with E-state index in [2.05, 4.69) is 14.9 Å². The fourth-order valence-corrected chi connectivity index (χ4v) is 4.57. The lowest BCUT2D eigenvalue weighted by molar-refractivity contribution is -0.152.